The van der Waals surface area contributed by atoms with Crippen LogP contribution >= 0.6 is 11.6 Å². The minimum Gasteiger partial charge on any atom is -0.476 e. The number of esters is 1. The van der Waals surface area contributed by atoms with Gasteiger partial charge in [0.25, 0.3) is 5.91 Å². The Hall–Kier alpha value is -4.25. The molecular formula is C26H16ClF4N3O4. The van der Waals surface area contributed by atoms with Gasteiger partial charge < -0.3 is 9.47 Å². The van der Waals surface area contributed by atoms with Gasteiger partial charge in [0.15, 0.2) is 0 Å². The van der Waals surface area contributed by atoms with Crippen molar-refractivity contribution < 1.29 is 36.6 Å². The van der Waals surface area contributed by atoms with Crippen molar-refractivity contribution in [1.29, 1.82) is 0 Å². The van der Waals surface area contributed by atoms with E-state index in [1.54, 1.807) is 6.07 Å². The molecule has 12 heteroatoms. The second kappa shape index (κ2) is 9.56. The number of ether oxygens (including phenoxy) is 2. The molecule has 0 aliphatic carbocycles. The zero-order chi connectivity index (χ0) is 27.2. The quantitative estimate of drug-likeness (QED) is 0.240. The molecule has 0 unspecified atom stereocenters. The Kier molecular flexibility index (Phi) is 6.39. The van der Waals surface area contributed by atoms with Crippen LogP contribution in [0.25, 0.3) is 22.2 Å². The van der Waals surface area contributed by atoms with Gasteiger partial charge in [-0.3, -0.25) is 4.79 Å². The van der Waals surface area contributed by atoms with Crippen molar-refractivity contribution in [3.05, 3.63) is 87.7 Å². The number of nitrogens with zero attached hydrogens (tertiary/aromatic N) is 3. The molecule has 2 heterocycles. The molecule has 0 saturated carbocycles. The highest BCUT2D eigenvalue weighted by Crippen LogP contribution is 2.37. The van der Waals surface area contributed by atoms with Crippen molar-refractivity contribution in [2.24, 2.45) is 4.99 Å². The zero-order valence-electron chi connectivity index (χ0n) is 19.5. The Morgan fingerprint density at radius 3 is 2.55 bits per heavy atom. The van der Waals surface area contributed by atoms with Crippen molar-refractivity contribution in [1.82, 2.24) is 9.78 Å². The molecule has 5 rings (SSSR count). The smallest absolute Gasteiger partial charge is 0.417 e. The van der Waals surface area contributed by atoms with Gasteiger partial charge in [0.2, 0.25) is 5.90 Å². The molecule has 0 atom stereocenters. The summed E-state index contributed by atoms with van der Waals surface area (Å²) in [6.07, 6.45) is -4.88. The standard InChI is InChI=1S/C26H16ClF4N3O4/c1-37-25(36)14-6-7-15(19(28)11-14)22-16-8-5-13(23-32-9-10-38-23)12-20(16)34(33-22)24(35)21-17(26(29,30)31)3-2-4-18(21)27/h2-8,11-12H,9-10H2,1H3. The summed E-state index contributed by atoms with van der Waals surface area (Å²) in [5.41, 5.74) is -1.71. The number of hydrogen-bond acceptors (Lipinski definition) is 6. The van der Waals surface area contributed by atoms with E-state index in [0.717, 1.165) is 36.1 Å². The molecule has 194 valence electrons. The van der Waals surface area contributed by atoms with Crippen molar-refractivity contribution >= 4 is 40.3 Å². The highest BCUT2D eigenvalue weighted by Gasteiger charge is 2.37. The van der Waals surface area contributed by atoms with Gasteiger partial charge in [0, 0.05) is 16.5 Å². The van der Waals surface area contributed by atoms with E-state index in [1.165, 1.54) is 24.3 Å². The molecular weight excluding hydrogens is 530 g/mol. The molecule has 1 aromatic heterocycles. The van der Waals surface area contributed by atoms with Crippen LogP contribution in [-0.2, 0) is 15.7 Å². The molecule has 0 fully saturated rings. The molecule has 4 aromatic rings. The van der Waals surface area contributed by atoms with Gasteiger partial charge in [-0.05, 0) is 48.5 Å². The maximum atomic E-state index is 15.2. The number of alkyl halides is 3. The lowest BCUT2D eigenvalue weighted by atomic mass is 10.0. The first-order chi connectivity index (χ1) is 18.1. The lowest BCUT2D eigenvalue weighted by Crippen LogP contribution is -2.20. The summed E-state index contributed by atoms with van der Waals surface area (Å²) in [7, 11) is 1.15. The fraction of sp³-hybridized carbons (Fsp3) is 0.154. The van der Waals surface area contributed by atoms with Gasteiger partial charge in [-0.15, -0.1) is 0 Å². The van der Waals surface area contributed by atoms with Crippen molar-refractivity contribution in [2.75, 3.05) is 20.3 Å². The van der Waals surface area contributed by atoms with E-state index in [9.17, 15) is 22.8 Å². The van der Waals surface area contributed by atoms with Gasteiger partial charge >= 0.3 is 12.1 Å². The van der Waals surface area contributed by atoms with Crippen LogP contribution < -0.4 is 0 Å². The van der Waals surface area contributed by atoms with Gasteiger partial charge in [0.1, 0.15) is 18.1 Å². The van der Waals surface area contributed by atoms with Gasteiger partial charge in [0.05, 0.1) is 40.9 Å². The number of benzene rings is 3. The second-order valence-electron chi connectivity index (χ2n) is 8.18. The summed E-state index contributed by atoms with van der Waals surface area (Å²) in [5, 5.41) is 4.06. The first kappa shape index (κ1) is 25.4. The topological polar surface area (TPSA) is 82.8 Å². The van der Waals surface area contributed by atoms with Gasteiger partial charge in [-0.2, -0.15) is 23.0 Å². The summed E-state index contributed by atoms with van der Waals surface area (Å²) < 4.78 is 67.3. The average molecular weight is 546 g/mol. The lowest BCUT2D eigenvalue weighted by molar-refractivity contribution is -0.137. The van der Waals surface area contributed by atoms with Crippen LogP contribution in [0.5, 0.6) is 0 Å². The Morgan fingerprint density at radius 2 is 1.89 bits per heavy atom. The van der Waals surface area contributed by atoms with Crippen LogP contribution in [0.3, 0.4) is 0 Å². The Bertz CT molecular complexity index is 1650. The Morgan fingerprint density at radius 1 is 1.11 bits per heavy atom. The summed E-state index contributed by atoms with van der Waals surface area (Å²) in [6, 6.07) is 11.1. The van der Waals surface area contributed by atoms with E-state index < -0.39 is 40.0 Å². The van der Waals surface area contributed by atoms with Gasteiger partial charge in [-0.25, -0.2) is 14.2 Å². The van der Waals surface area contributed by atoms with Crippen LogP contribution in [0, 0.1) is 5.82 Å². The molecule has 0 spiro atoms. The molecule has 7 nitrogen and oxygen atoms in total. The first-order valence-corrected chi connectivity index (χ1v) is 11.5. The molecule has 3 aromatic carbocycles. The third-order valence-corrected chi connectivity index (χ3v) is 6.20. The fourth-order valence-corrected chi connectivity index (χ4v) is 4.40. The summed E-state index contributed by atoms with van der Waals surface area (Å²) in [4.78, 5) is 29.6. The number of aromatic nitrogens is 2. The number of fused-ring (bicyclic) bond motifs is 1. The van der Waals surface area contributed by atoms with E-state index in [0.29, 0.717) is 18.7 Å². The van der Waals surface area contributed by atoms with E-state index in [2.05, 4.69) is 14.8 Å². The predicted molar refractivity (Wildman–Crippen MR) is 130 cm³/mol. The van der Waals surface area contributed by atoms with Crippen molar-refractivity contribution in [2.45, 2.75) is 6.18 Å². The first-order valence-electron chi connectivity index (χ1n) is 11.1. The number of hydrogen-bond donors (Lipinski definition) is 0. The minimum absolute atomic E-state index is 0.0382. The molecule has 0 radical (unpaired) electrons. The number of aliphatic imine (C=N–C) groups is 1. The normalized spacial score (nSPS) is 13.4. The number of carbonyl (C=O) groups excluding carboxylic acids is 2. The number of methoxy groups -OCH3 is 1. The van der Waals surface area contributed by atoms with E-state index >= 15 is 4.39 Å². The molecule has 0 bridgehead atoms. The van der Waals surface area contributed by atoms with Crippen molar-refractivity contribution in [3.8, 4) is 11.3 Å². The Labute approximate surface area is 217 Å². The third-order valence-electron chi connectivity index (χ3n) is 5.88. The third kappa shape index (κ3) is 4.38. The second-order valence-corrected chi connectivity index (χ2v) is 8.59. The molecule has 0 saturated heterocycles. The molecule has 1 aliphatic heterocycles. The lowest BCUT2D eigenvalue weighted by Gasteiger charge is -2.13. The highest BCUT2D eigenvalue weighted by molar-refractivity contribution is 6.34. The largest absolute Gasteiger partial charge is 0.476 e. The SMILES string of the molecule is COC(=O)c1ccc(-c2nn(C(=O)c3c(Cl)cccc3C(F)(F)F)c3cc(C4=NCCO4)ccc23)c(F)c1. The van der Waals surface area contributed by atoms with E-state index in [-0.39, 0.29) is 33.6 Å². The average Bonchev–Trinajstić information content (AvgIpc) is 3.55. The molecule has 0 N–H and O–H groups in total. The van der Waals surface area contributed by atoms with Crippen LogP contribution in [0.15, 0.2) is 59.6 Å². The number of halogens is 5. The monoisotopic (exact) mass is 545 g/mol. The number of rotatable bonds is 4. The summed E-state index contributed by atoms with van der Waals surface area (Å²) >= 11 is 6.07. The van der Waals surface area contributed by atoms with Crippen LogP contribution in [0.4, 0.5) is 17.6 Å². The summed E-state index contributed by atoms with van der Waals surface area (Å²) in [5.74, 6) is -2.50. The number of carbonyl (C=O) groups is 2. The maximum absolute atomic E-state index is 15.2. The fourth-order valence-electron chi connectivity index (χ4n) is 4.15. The minimum atomic E-state index is -4.88. The Balaban J connectivity index is 1.75. The van der Waals surface area contributed by atoms with Gasteiger partial charge in [-0.1, -0.05) is 17.7 Å². The van der Waals surface area contributed by atoms with Crippen LogP contribution in [0.1, 0.15) is 31.8 Å². The predicted octanol–water partition coefficient (Wildman–Crippen LogP) is 5.77. The highest BCUT2D eigenvalue weighted by atomic mass is 35.5. The maximum Gasteiger partial charge on any atom is 0.417 e. The molecule has 38 heavy (non-hydrogen) atoms. The molecule has 1 aliphatic rings. The zero-order valence-corrected chi connectivity index (χ0v) is 20.2. The van der Waals surface area contributed by atoms with Crippen molar-refractivity contribution in [3.63, 3.8) is 0 Å². The van der Waals surface area contributed by atoms with E-state index in [4.69, 9.17) is 16.3 Å². The van der Waals surface area contributed by atoms with E-state index in [1.807, 2.05) is 0 Å². The van der Waals surface area contributed by atoms with Crippen LogP contribution in [0.2, 0.25) is 5.02 Å². The molecule has 0 amide bonds. The van der Waals surface area contributed by atoms with Crippen LogP contribution in [-0.4, -0.2) is 47.8 Å². The summed E-state index contributed by atoms with van der Waals surface area (Å²) in [6.45, 7) is 0.770.